The van der Waals surface area contributed by atoms with E-state index in [0.29, 0.717) is 6.42 Å². The highest BCUT2D eigenvalue weighted by Crippen LogP contribution is 2.45. The Bertz CT molecular complexity index is 578. The lowest BCUT2D eigenvalue weighted by molar-refractivity contribution is -0.167. The normalized spacial score (nSPS) is 27.5. The minimum absolute atomic E-state index is 0.303. The highest BCUT2D eigenvalue weighted by molar-refractivity contribution is 5.83. The molecule has 1 saturated heterocycles. The Labute approximate surface area is 137 Å². The van der Waals surface area contributed by atoms with E-state index < -0.39 is 17.1 Å². The van der Waals surface area contributed by atoms with E-state index in [1.807, 2.05) is 58.0 Å². The Morgan fingerprint density at radius 3 is 2.35 bits per heavy atom. The molecule has 1 aliphatic rings. The number of esters is 2. The third-order valence-electron chi connectivity index (χ3n) is 4.12. The third-order valence-corrected chi connectivity index (χ3v) is 4.12. The molecule has 5 nitrogen and oxygen atoms in total. The molecule has 0 unspecified atom stereocenters. The van der Waals surface area contributed by atoms with Gasteiger partial charge in [0.1, 0.15) is 11.6 Å². The largest absolute Gasteiger partial charge is 0.468 e. The molecule has 126 valence electrons. The molecule has 0 amide bonds. The predicted octanol–water partition coefficient (Wildman–Crippen LogP) is 2.61. The fourth-order valence-electron chi connectivity index (χ4n) is 2.98. The fraction of sp³-hybridized carbons (Fsp3) is 0.556. The lowest BCUT2D eigenvalue weighted by Crippen LogP contribution is -2.39. The summed E-state index contributed by atoms with van der Waals surface area (Å²) in [6, 6.07) is 8.81. The van der Waals surface area contributed by atoms with Crippen LogP contribution in [0.2, 0.25) is 0 Å². The molecule has 0 aromatic heterocycles. The van der Waals surface area contributed by atoms with Crippen molar-refractivity contribution in [3.63, 3.8) is 0 Å². The number of hydrogen-bond donors (Lipinski definition) is 1. The van der Waals surface area contributed by atoms with Crippen LogP contribution >= 0.6 is 0 Å². The number of hydrogen-bond acceptors (Lipinski definition) is 5. The smallest absolute Gasteiger partial charge is 0.322 e. The Balaban J connectivity index is 2.35. The molecule has 3 atom stereocenters. The number of carbonyl (C=O) groups is 2. The average Bonchev–Trinajstić information content (AvgIpc) is 2.85. The summed E-state index contributed by atoms with van der Waals surface area (Å²) in [5.41, 5.74) is -0.467. The van der Waals surface area contributed by atoms with Crippen LogP contribution in [0.25, 0.3) is 0 Å². The molecule has 5 heteroatoms. The van der Waals surface area contributed by atoms with Crippen LogP contribution in [0.4, 0.5) is 0 Å². The van der Waals surface area contributed by atoms with Gasteiger partial charge in [-0.1, -0.05) is 30.3 Å². The summed E-state index contributed by atoms with van der Waals surface area (Å²) in [6.07, 6.45) is 0.341. The first kappa shape index (κ1) is 17.5. The highest BCUT2D eigenvalue weighted by Gasteiger charge is 2.53. The molecule has 1 aromatic rings. The second-order valence-electron chi connectivity index (χ2n) is 7.21. The predicted molar refractivity (Wildman–Crippen MR) is 86.7 cm³/mol. The number of methoxy groups -OCH3 is 1. The van der Waals surface area contributed by atoms with E-state index in [2.05, 4.69) is 5.32 Å². The van der Waals surface area contributed by atoms with Gasteiger partial charge in [0, 0.05) is 6.04 Å². The molecular weight excluding hydrogens is 294 g/mol. The summed E-state index contributed by atoms with van der Waals surface area (Å²) in [7, 11) is 1.35. The molecule has 0 spiro atoms. The first-order chi connectivity index (χ1) is 10.7. The molecule has 0 aliphatic carbocycles. The van der Waals surface area contributed by atoms with Crippen LogP contribution < -0.4 is 5.32 Å². The van der Waals surface area contributed by atoms with Crippen LogP contribution in [0.1, 0.15) is 45.7 Å². The van der Waals surface area contributed by atoms with E-state index in [0.717, 1.165) is 5.56 Å². The van der Waals surface area contributed by atoms with E-state index in [9.17, 15) is 9.59 Å². The average molecular weight is 319 g/mol. The van der Waals surface area contributed by atoms with Gasteiger partial charge >= 0.3 is 11.9 Å². The van der Waals surface area contributed by atoms with Gasteiger partial charge in [0.25, 0.3) is 0 Å². The molecule has 0 radical (unpaired) electrons. The van der Waals surface area contributed by atoms with Crippen molar-refractivity contribution in [1.82, 2.24) is 5.32 Å². The summed E-state index contributed by atoms with van der Waals surface area (Å²) in [4.78, 5) is 24.8. The Morgan fingerprint density at radius 2 is 1.83 bits per heavy atom. The van der Waals surface area contributed by atoms with E-state index in [1.54, 1.807) is 0 Å². The van der Waals surface area contributed by atoms with Crippen molar-refractivity contribution in [1.29, 1.82) is 0 Å². The Kier molecular flexibility index (Phi) is 4.80. The van der Waals surface area contributed by atoms with Crippen LogP contribution in [0.15, 0.2) is 30.3 Å². The SMILES string of the molecule is COC(=O)[C@H]1C[C@@](C)(C(=O)OC(C)(C)C)[C@@H](c2ccccc2)N1. The van der Waals surface area contributed by atoms with Crippen molar-refractivity contribution >= 4 is 11.9 Å². The van der Waals surface area contributed by atoms with Gasteiger partial charge in [-0.15, -0.1) is 0 Å². The van der Waals surface area contributed by atoms with Crippen molar-refractivity contribution in [2.45, 2.75) is 51.8 Å². The summed E-state index contributed by atoms with van der Waals surface area (Å²) < 4.78 is 10.4. The number of ether oxygens (including phenoxy) is 2. The number of rotatable bonds is 3. The van der Waals surface area contributed by atoms with Crippen LogP contribution in [-0.2, 0) is 19.1 Å². The van der Waals surface area contributed by atoms with E-state index >= 15 is 0 Å². The standard InChI is InChI=1S/C18H25NO4/c1-17(2,3)23-16(21)18(4)11-13(15(20)22-5)19-14(18)12-9-7-6-8-10-12/h6-10,13-14,19H,11H2,1-5H3/t13-,14-,18-/m1/s1. The minimum Gasteiger partial charge on any atom is -0.468 e. The quantitative estimate of drug-likeness (QED) is 0.868. The van der Waals surface area contributed by atoms with Crippen molar-refractivity contribution in [2.24, 2.45) is 5.41 Å². The molecule has 1 aliphatic heterocycles. The zero-order valence-corrected chi connectivity index (χ0v) is 14.4. The van der Waals surface area contributed by atoms with Crippen molar-refractivity contribution in [3.05, 3.63) is 35.9 Å². The van der Waals surface area contributed by atoms with Gasteiger partial charge in [-0.3, -0.25) is 14.9 Å². The van der Waals surface area contributed by atoms with Crippen LogP contribution in [-0.4, -0.2) is 30.7 Å². The van der Waals surface area contributed by atoms with Gasteiger partial charge in [-0.05, 0) is 39.7 Å². The van der Waals surface area contributed by atoms with Gasteiger partial charge in [-0.2, -0.15) is 0 Å². The molecule has 1 fully saturated rings. The molecule has 2 rings (SSSR count). The number of benzene rings is 1. The Hall–Kier alpha value is -1.88. The minimum atomic E-state index is -0.840. The maximum Gasteiger partial charge on any atom is 0.322 e. The number of nitrogens with one attached hydrogen (secondary N) is 1. The topological polar surface area (TPSA) is 64.6 Å². The van der Waals surface area contributed by atoms with Crippen molar-refractivity contribution < 1.29 is 19.1 Å². The van der Waals surface area contributed by atoms with Gasteiger partial charge in [-0.25, -0.2) is 0 Å². The molecule has 0 saturated carbocycles. The van der Waals surface area contributed by atoms with Crippen LogP contribution in [0.5, 0.6) is 0 Å². The summed E-state index contributed by atoms with van der Waals surface area (Å²) in [5.74, 6) is -0.670. The van der Waals surface area contributed by atoms with Gasteiger partial charge in [0.05, 0.1) is 12.5 Å². The molecular formula is C18H25NO4. The highest BCUT2D eigenvalue weighted by atomic mass is 16.6. The third kappa shape index (κ3) is 3.72. The van der Waals surface area contributed by atoms with Gasteiger partial charge in [0.15, 0.2) is 0 Å². The molecule has 1 heterocycles. The fourth-order valence-corrected chi connectivity index (χ4v) is 2.98. The van der Waals surface area contributed by atoms with Crippen molar-refractivity contribution in [2.75, 3.05) is 7.11 Å². The lowest BCUT2D eigenvalue weighted by atomic mass is 9.78. The molecule has 1 N–H and O–H groups in total. The van der Waals surface area contributed by atoms with E-state index in [4.69, 9.17) is 9.47 Å². The zero-order valence-electron chi connectivity index (χ0n) is 14.4. The molecule has 23 heavy (non-hydrogen) atoms. The van der Waals surface area contributed by atoms with Crippen LogP contribution in [0, 0.1) is 5.41 Å². The number of carbonyl (C=O) groups excluding carboxylic acids is 2. The Morgan fingerprint density at radius 1 is 1.22 bits per heavy atom. The van der Waals surface area contributed by atoms with Gasteiger partial charge < -0.3 is 9.47 Å². The molecule has 0 bridgehead atoms. The lowest BCUT2D eigenvalue weighted by Gasteiger charge is -2.32. The van der Waals surface area contributed by atoms with Gasteiger partial charge in [0.2, 0.25) is 0 Å². The van der Waals surface area contributed by atoms with E-state index in [1.165, 1.54) is 7.11 Å². The molecule has 1 aromatic carbocycles. The summed E-state index contributed by atoms with van der Waals surface area (Å²) in [6.45, 7) is 7.36. The van der Waals surface area contributed by atoms with Crippen LogP contribution in [0.3, 0.4) is 0 Å². The summed E-state index contributed by atoms with van der Waals surface area (Å²) >= 11 is 0. The first-order valence-electron chi connectivity index (χ1n) is 7.79. The van der Waals surface area contributed by atoms with Crippen molar-refractivity contribution in [3.8, 4) is 0 Å². The second-order valence-corrected chi connectivity index (χ2v) is 7.21. The monoisotopic (exact) mass is 319 g/mol. The maximum absolute atomic E-state index is 12.8. The van der Waals surface area contributed by atoms with E-state index in [-0.39, 0.29) is 18.0 Å². The zero-order chi connectivity index (χ0) is 17.3. The summed E-state index contributed by atoms with van der Waals surface area (Å²) in [5, 5.41) is 3.24. The maximum atomic E-state index is 12.8. The second kappa shape index (κ2) is 6.32. The first-order valence-corrected chi connectivity index (χ1v) is 7.79.